The van der Waals surface area contributed by atoms with Gasteiger partial charge in [0.15, 0.2) is 11.5 Å². The van der Waals surface area contributed by atoms with E-state index in [1.54, 1.807) is 25.2 Å². The van der Waals surface area contributed by atoms with Gasteiger partial charge in [-0.05, 0) is 29.8 Å². The van der Waals surface area contributed by atoms with E-state index >= 15 is 0 Å². The number of ether oxygens (including phenoxy) is 2. The van der Waals surface area contributed by atoms with E-state index in [0.29, 0.717) is 18.0 Å². The SMILES string of the molecule is C=CCN(C(=O)Cc1ccc(OC)c(OC)c1)c1ccccc1. The van der Waals surface area contributed by atoms with E-state index in [-0.39, 0.29) is 12.3 Å². The van der Waals surface area contributed by atoms with Gasteiger partial charge in [0.1, 0.15) is 0 Å². The Labute approximate surface area is 137 Å². The first kappa shape index (κ1) is 16.6. The first-order chi connectivity index (χ1) is 11.2. The van der Waals surface area contributed by atoms with Gasteiger partial charge in [0.05, 0.1) is 20.6 Å². The molecule has 0 atom stereocenters. The fourth-order valence-electron chi connectivity index (χ4n) is 2.35. The predicted octanol–water partition coefficient (Wildman–Crippen LogP) is 3.47. The number of nitrogens with zero attached hydrogens (tertiary/aromatic N) is 1. The van der Waals surface area contributed by atoms with Gasteiger partial charge in [-0.1, -0.05) is 30.3 Å². The fourth-order valence-corrected chi connectivity index (χ4v) is 2.35. The maximum atomic E-state index is 12.7. The Morgan fingerprint density at radius 3 is 2.39 bits per heavy atom. The fraction of sp³-hybridized carbons (Fsp3) is 0.211. The number of hydrogen-bond acceptors (Lipinski definition) is 3. The maximum absolute atomic E-state index is 12.7. The van der Waals surface area contributed by atoms with Crippen LogP contribution < -0.4 is 14.4 Å². The summed E-state index contributed by atoms with van der Waals surface area (Å²) in [4.78, 5) is 14.4. The van der Waals surface area contributed by atoms with Crippen LogP contribution in [0.15, 0.2) is 61.2 Å². The molecule has 0 spiro atoms. The molecule has 23 heavy (non-hydrogen) atoms. The summed E-state index contributed by atoms with van der Waals surface area (Å²) >= 11 is 0. The van der Waals surface area contributed by atoms with Crippen molar-refractivity contribution in [1.29, 1.82) is 0 Å². The van der Waals surface area contributed by atoms with E-state index in [0.717, 1.165) is 11.3 Å². The van der Waals surface area contributed by atoms with Crippen molar-refractivity contribution in [2.24, 2.45) is 0 Å². The topological polar surface area (TPSA) is 38.8 Å². The monoisotopic (exact) mass is 311 g/mol. The van der Waals surface area contributed by atoms with Crippen LogP contribution in [-0.2, 0) is 11.2 Å². The van der Waals surface area contributed by atoms with Gasteiger partial charge in [0.2, 0.25) is 5.91 Å². The van der Waals surface area contributed by atoms with E-state index in [1.807, 2.05) is 48.5 Å². The Bertz CT molecular complexity index is 668. The smallest absolute Gasteiger partial charge is 0.231 e. The zero-order valence-electron chi connectivity index (χ0n) is 13.5. The van der Waals surface area contributed by atoms with Crippen molar-refractivity contribution in [3.63, 3.8) is 0 Å². The lowest BCUT2D eigenvalue weighted by Crippen LogP contribution is -2.32. The lowest BCUT2D eigenvalue weighted by Gasteiger charge is -2.21. The number of benzene rings is 2. The molecule has 0 fully saturated rings. The average molecular weight is 311 g/mol. The van der Waals surface area contributed by atoms with Crippen molar-refractivity contribution in [3.05, 3.63) is 66.7 Å². The molecule has 1 amide bonds. The Balaban J connectivity index is 2.20. The highest BCUT2D eigenvalue weighted by Crippen LogP contribution is 2.28. The molecule has 0 N–H and O–H groups in total. The van der Waals surface area contributed by atoms with Crippen molar-refractivity contribution in [1.82, 2.24) is 0 Å². The third kappa shape index (κ3) is 4.13. The van der Waals surface area contributed by atoms with Gasteiger partial charge in [-0.2, -0.15) is 0 Å². The molecule has 120 valence electrons. The first-order valence-corrected chi connectivity index (χ1v) is 7.36. The zero-order chi connectivity index (χ0) is 16.7. The minimum absolute atomic E-state index is 0.00307. The third-order valence-corrected chi connectivity index (χ3v) is 3.48. The summed E-state index contributed by atoms with van der Waals surface area (Å²) in [5, 5.41) is 0. The summed E-state index contributed by atoms with van der Waals surface area (Å²) < 4.78 is 10.5. The highest BCUT2D eigenvalue weighted by molar-refractivity contribution is 5.95. The number of rotatable bonds is 7. The third-order valence-electron chi connectivity index (χ3n) is 3.48. The van der Waals surface area contributed by atoms with Crippen LogP contribution in [-0.4, -0.2) is 26.7 Å². The zero-order valence-corrected chi connectivity index (χ0v) is 13.5. The lowest BCUT2D eigenvalue weighted by molar-refractivity contribution is -0.117. The molecule has 0 aliphatic carbocycles. The molecule has 0 saturated carbocycles. The molecular weight excluding hydrogens is 290 g/mol. The number of methoxy groups -OCH3 is 2. The molecule has 0 unspecified atom stereocenters. The van der Waals surface area contributed by atoms with Gasteiger partial charge in [0, 0.05) is 12.2 Å². The van der Waals surface area contributed by atoms with Crippen LogP contribution in [0.25, 0.3) is 0 Å². The van der Waals surface area contributed by atoms with Gasteiger partial charge < -0.3 is 14.4 Å². The molecule has 2 aromatic carbocycles. The largest absolute Gasteiger partial charge is 0.493 e. The van der Waals surface area contributed by atoms with Crippen LogP contribution >= 0.6 is 0 Å². The van der Waals surface area contributed by atoms with Crippen LogP contribution in [0.4, 0.5) is 5.69 Å². The summed E-state index contributed by atoms with van der Waals surface area (Å²) in [7, 11) is 3.17. The second-order valence-electron chi connectivity index (χ2n) is 4.99. The molecule has 0 aliphatic heterocycles. The quantitative estimate of drug-likeness (QED) is 0.735. The summed E-state index contributed by atoms with van der Waals surface area (Å²) in [5.41, 5.74) is 1.73. The molecule has 0 radical (unpaired) electrons. The van der Waals surface area contributed by atoms with Crippen molar-refractivity contribution in [2.75, 3.05) is 25.7 Å². The van der Waals surface area contributed by atoms with Crippen LogP contribution in [0.3, 0.4) is 0 Å². The normalized spacial score (nSPS) is 10.0. The van der Waals surface area contributed by atoms with Gasteiger partial charge >= 0.3 is 0 Å². The maximum Gasteiger partial charge on any atom is 0.231 e. The van der Waals surface area contributed by atoms with Crippen molar-refractivity contribution in [3.8, 4) is 11.5 Å². The molecule has 0 bridgehead atoms. The Morgan fingerprint density at radius 1 is 1.09 bits per heavy atom. The van der Waals surface area contributed by atoms with E-state index in [9.17, 15) is 4.79 Å². The second kappa shape index (κ2) is 8.03. The number of amides is 1. The highest BCUT2D eigenvalue weighted by Gasteiger charge is 2.15. The van der Waals surface area contributed by atoms with Gasteiger partial charge in [0.25, 0.3) is 0 Å². The average Bonchev–Trinajstić information content (AvgIpc) is 2.60. The van der Waals surface area contributed by atoms with Crippen LogP contribution in [0.5, 0.6) is 11.5 Å². The van der Waals surface area contributed by atoms with Crippen molar-refractivity contribution in [2.45, 2.75) is 6.42 Å². The van der Waals surface area contributed by atoms with E-state index in [1.165, 1.54) is 0 Å². The highest BCUT2D eigenvalue weighted by atomic mass is 16.5. The van der Waals surface area contributed by atoms with Crippen molar-refractivity contribution < 1.29 is 14.3 Å². The number of anilines is 1. The molecule has 4 heteroatoms. The van der Waals surface area contributed by atoms with E-state index in [2.05, 4.69) is 6.58 Å². The molecule has 0 heterocycles. The molecule has 4 nitrogen and oxygen atoms in total. The summed E-state index contributed by atoms with van der Waals surface area (Å²) in [6.45, 7) is 4.20. The van der Waals surface area contributed by atoms with E-state index in [4.69, 9.17) is 9.47 Å². The molecule has 0 aliphatic rings. The summed E-state index contributed by atoms with van der Waals surface area (Å²) in [6, 6.07) is 15.1. The van der Waals surface area contributed by atoms with Crippen LogP contribution in [0, 0.1) is 0 Å². The van der Waals surface area contributed by atoms with Crippen molar-refractivity contribution >= 4 is 11.6 Å². The molecular formula is C19H21NO3. The number of para-hydroxylation sites is 1. The first-order valence-electron chi connectivity index (χ1n) is 7.36. The second-order valence-corrected chi connectivity index (χ2v) is 4.99. The molecule has 2 rings (SSSR count). The number of carbonyl (C=O) groups is 1. The van der Waals surface area contributed by atoms with Gasteiger partial charge in [-0.25, -0.2) is 0 Å². The summed E-state index contributed by atoms with van der Waals surface area (Å²) in [5.74, 6) is 1.27. The van der Waals surface area contributed by atoms with Gasteiger partial charge in [-0.15, -0.1) is 6.58 Å². The van der Waals surface area contributed by atoms with Gasteiger partial charge in [-0.3, -0.25) is 4.79 Å². The molecule has 0 saturated heterocycles. The summed E-state index contributed by atoms with van der Waals surface area (Å²) in [6.07, 6.45) is 2.00. The standard InChI is InChI=1S/C19H21NO3/c1-4-12-20(16-8-6-5-7-9-16)19(21)14-15-10-11-17(22-2)18(13-15)23-3/h4-11,13H,1,12,14H2,2-3H3. The Morgan fingerprint density at radius 2 is 1.78 bits per heavy atom. The number of carbonyl (C=O) groups excluding carboxylic acids is 1. The lowest BCUT2D eigenvalue weighted by atomic mass is 10.1. The minimum atomic E-state index is 0.00307. The minimum Gasteiger partial charge on any atom is -0.493 e. The Kier molecular flexibility index (Phi) is 5.80. The van der Waals surface area contributed by atoms with Crippen LogP contribution in [0.2, 0.25) is 0 Å². The molecule has 2 aromatic rings. The predicted molar refractivity (Wildman–Crippen MR) is 92.2 cm³/mol. The van der Waals surface area contributed by atoms with E-state index < -0.39 is 0 Å². The Hall–Kier alpha value is -2.75. The molecule has 0 aromatic heterocycles. The van der Waals surface area contributed by atoms with Crippen LogP contribution in [0.1, 0.15) is 5.56 Å². The number of hydrogen-bond donors (Lipinski definition) is 0.